The minimum absolute atomic E-state index is 0.198. The van der Waals surface area contributed by atoms with E-state index >= 15 is 0 Å². The summed E-state index contributed by atoms with van der Waals surface area (Å²) in [5.41, 5.74) is 0.652. The first kappa shape index (κ1) is 27.9. The SMILES string of the molecule is CCCCCCC(OC(=O)c1ccc(C2NC(=O)NC=C2C(=O)OCC)cc1)C(=O)NC(C)(C)C. The second-order valence-corrected chi connectivity index (χ2v) is 9.48. The van der Waals surface area contributed by atoms with Crippen LogP contribution in [-0.2, 0) is 19.1 Å². The second kappa shape index (κ2) is 12.9. The van der Waals surface area contributed by atoms with Crippen LogP contribution in [-0.4, -0.2) is 42.1 Å². The number of carbonyl (C=O) groups excluding carboxylic acids is 4. The van der Waals surface area contributed by atoms with Crippen LogP contribution in [0.4, 0.5) is 4.79 Å². The van der Waals surface area contributed by atoms with Crippen molar-refractivity contribution in [3.63, 3.8) is 0 Å². The molecule has 1 aliphatic rings. The van der Waals surface area contributed by atoms with Crippen molar-refractivity contribution < 1.29 is 28.7 Å². The van der Waals surface area contributed by atoms with E-state index in [4.69, 9.17) is 9.47 Å². The van der Waals surface area contributed by atoms with Crippen molar-refractivity contribution in [3.8, 4) is 0 Å². The zero-order valence-corrected chi connectivity index (χ0v) is 21.2. The Morgan fingerprint density at radius 2 is 1.71 bits per heavy atom. The number of carbonyl (C=O) groups is 4. The molecule has 2 rings (SSSR count). The van der Waals surface area contributed by atoms with Crippen LogP contribution in [0.5, 0.6) is 0 Å². The average Bonchev–Trinajstić information content (AvgIpc) is 2.80. The molecule has 2 atom stereocenters. The molecule has 0 aliphatic carbocycles. The molecule has 0 radical (unpaired) electrons. The molecule has 1 aromatic rings. The lowest BCUT2D eigenvalue weighted by atomic mass is 9.97. The van der Waals surface area contributed by atoms with Gasteiger partial charge >= 0.3 is 18.0 Å². The molecule has 2 unspecified atom stereocenters. The normalized spacial score (nSPS) is 16.3. The predicted octanol–water partition coefficient (Wildman–Crippen LogP) is 3.90. The molecule has 3 N–H and O–H groups in total. The van der Waals surface area contributed by atoms with E-state index in [0.717, 1.165) is 25.7 Å². The smallest absolute Gasteiger partial charge is 0.338 e. The monoisotopic (exact) mass is 487 g/mol. The highest BCUT2D eigenvalue weighted by Crippen LogP contribution is 2.25. The molecule has 0 aromatic heterocycles. The highest BCUT2D eigenvalue weighted by molar-refractivity contribution is 5.94. The highest BCUT2D eigenvalue weighted by atomic mass is 16.5. The third-order valence-corrected chi connectivity index (χ3v) is 5.30. The lowest BCUT2D eigenvalue weighted by molar-refractivity contribution is -0.139. The Bertz CT molecular complexity index is 933. The number of rotatable bonds is 11. The van der Waals surface area contributed by atoms with Crippen molar-refractivity contribution in [1.29, 1.82) is 0 Å². The zero-order valence-electron chi connectivity index (χ0n) is 21.2. The van der Waals surface area contributed by atoms with Crippen LogP contribution >= 0.6 is 0 Å². The zero-order chi connectivity index (χ0) is 26.0. The maximum Gasteiger partial charge on any atom is 0.338 e. The summed E-state index contributed by atoms with van der Waals surface area (Å²) < 4.78 is 10.7. The van der Waals surface area contributed by atoms with Gasteiger partial charge in [0.05, 0.1) is 23.8 Å². The van der Waals surface area contributed by atoms with Gasteiger partial charge in [-0.1, -0.05) is 38.3 Å². The van der Waals surface area contributed by atoms with E-state index in [9.17, 15) is 19.2 Å². The van der Waals surface area contributed by atoms with Gasteiger partial charge in [-0.25, -0.2) is 14.4 Å². The number of amides is 3. The fraction of sp³-hybridized carbons (Fsp3) is 0.538. The number of ether oxygens (including phenoxy) is 2. The van der Waals surface area contributed by atoms with E-state index in [1.807, 2.05) is 20.8 Å². The van der Waals surface area contributed by atoms with E-state index in [0.29, 0.717) is 12.0 Å². The number of esters is 2. The van der Waals surface area contributed by atoms with Crippen molar-refractivity contribution in [3.05, 3.63) is 47.2 Å². The van der Waals surface area contributed by atoms with E-state index in [2.05, 4.69) is 22.9 Å². The highest BCUT2D eigenvalue weighted by Gasteiger charge is 2.30. The number of unbranched alkanes of at least 4 members (excludes halogenated alkanes) is 3. The standard InChI is InChI=1S/C26H37N3O6/c1-6-8-9-10-11-20(22(30)29-26(3,4)5)35-23(31)18-14-12-17(13-15-18)21-19(24(32)34-7-2)16-27-25(33)28-21/h12-16,20-21H,6-11H2,1-5H3,(H,29,30)(H2,27,28,33). The largest absolute Gasteiger partial charge is 0.463 e. The Labute approximate surface area is 207 Å². The summed E-state index contributed by atoms with van der Waals surface area (Å²) in [5, 5.41) is 8.02. The molecule has 3 amide bonds. The van der Waals surface area contributed by atoms with Gasteiger partial charge in [0.1, 0.15) is 0 Å². The Hall–Kier alpha value is -3.36. The molecule has 0 spiro atoms. The maximum absolute atomic E-state index is 12.8. The van der Waals surface area contributed by atoms with Crippen molar-refractivity contribution in [2.45, 2.75) is 84.4 Å². The third-order valence-electron chi connectivity index (χ3n) is 5.30. The minimum Gasteiger partial charge on any atom is -0.463 e. The molecule has 1 aliphatic heterocycles. The summed E-state index contributed by atoms with van der Waals surface area (Å²) in [7, 11) is 0. The molecular weight excluding hydrogens is 450 g/mol. The lowest BCUT2D eigenvalue weighted by Gasteiger charge is -2.25. The lowest BCUT2D eigenvalue weighted by Crippen LogP contribution is -2.47. The number of nitrogens with one attached hydrogen (secondary N) is 3. The molecule has 0 fully saturated rings. The first-order chi connectivity index (χ1) is 16.6. The first-order valence-electron chi connectivity index (χ1n) is 12.1. The van der Waals surface area contributed by atoms with E-state index < -0.39 is 35.7 Å². The second-order valence-electron chi connectivity index (χ2n) is 9.48. The molecule has 9 nitrogen and oxygen atoms in total. The van der Waals surface area contributed by atoms with Crippen LogP contribution < -0.4 is 16.0 Å². The predicted molar refractivity (Wildman–Crippen MR) is 131 cm³/mol. The van der Waals surface area contributed by atoms with Gasteiger partial charge in [0, 0.05) is 11.7 Å². The van der Waals surface area contributed by atoms with Gasteiger partial charge in [-0.05, 0) is 58.2 Å². The van der Waals surface area contributed by atoms with Crippen LogP contribution in [0.25, 0.3) is 0 Å². The van der Waals surface area contributed by atoms with Gasteiger partial charge in [-0.2, -0.15) is 0 Å². The molecule has 0 saturated heterocycles. The van der Waals surface area contributed by atoms with Crippen molar-refractivity contribution >= 4 is 23.9 Å². The van der Waals surface area contributed by atoms with Gasteiger partial charge in [0.15, 0.2) is 6.10 Å². The summed E-state index contributed by atoms with van der Waals surface area (Å²) in [6, 6.07) is 5.17. The Morgan fingerprint density at radius 1 is 1.03 bits per heavy atom. The van der Waals surface area contributed by atoms with Crippen LogP contribution in [0, 0.1) is 0 Å². The summed E-state index contributed by atoms with van der Waals surface area (Å²) >= 11 is 0. The quantitative estimate of drug-likeness (QED) is 0.321. The molecule has 0 bridgehead atoms. The van der Waals surface area contributed by atoms with Gasteiger partial charge < -0.3 is 25.4 Å². The summed E-state index contributed by atoms with van der Waals surface area (Å²) in [6.07, 6.45) is 4.73. The van der Waals surface area contributed by atoms with E-state index in [1.165, 1.54) is 6.20 Å². The molecular formula is C26H37N3O6. The molecule has 35 heavy (non-hydrogen) atoms. The average molecular weight is 488 g/mol. The van der Waals surface area contributed by atoms with Gasteiger partial charge in [-0.15, -0.1) is 0 Å². The Kier molecular flexibility index (Phi) is 10.3. The van der Waals surface area contributed by atoms with Crippen LogP contribution in [0.1, 0.15) is 88.7 Å². The summed E-state index contributed by atoms with van der Waals surface area (Å²) in [4.78, 5) is 49.7. The Balaban J connectivity index is 2.14. The van der Waals surface area contributed by atoms with Crippen LogP contribution in [0.3, 0.4) is 0 Å². The summed E-state index contributed by atoms with van der Waals surface area (Å²) in [5.74, 6) is -1.48. The number of hydrogen-bond donors (Lipinski definition) is 3. The minimum atomic E-state index is -0.889. The third kappa shape index (κ3) is 8.73. The van der Waals surface area contributed by atoms with Crippen LogP contribution in [0.2, 0.25) is 0 Å². The van der Waals surface area contributed by atoms with Crippen molar-refractivity contribution in [1.82, 2.24) is 16.0 Å². The molecule has 9 heteroatoms. The maximum atomic E-state index is 12.8. The number of benzene rings is 1. The van der Waals surface area contributed by atoms with Gasteiger partial charge in [0.25, 0.3) is 5.91 Å². The fourth-order valence-corrected chi connectivity index (χ4v) is 3.59. The van der Waals surface area contributed by atoms with Crippen LogP contribution in [0.15, 0.2) is 36.0 Å². The number of urea groups is 1. The van der Waals surface area contributed by atoms with Crippen molar-refractivity contribution in [2.24, 2.45) is 0 Å². The topological polar surface area (TPSA) is 123 Å². The van der Waals surface area contributed by atoms with Gasteiger partial charge in [0.2, 0.25) is 0 Å². The molecule has 1 aromatic carbocycles. The first-order valence-corrected chi connectivity index (χ1v) is 12.1. The molecule has 192 valence electrons. The molecule has 0 saturated carbocycles. The van der Waals surface area contributed by atoms with E-state index in [1.54, 1.807) is 31.2 Å². The van der Waals surface area contributed by atoms with Crippen molar-refractivity contribution in [2.75, 3.05) is 6.61 Å². The summed E-state index contributed by atoms with van der Waals surface area (Å²) in [6.45, 7) is 9.62. The molecule has 1 heterocycles. The number of hydrogen-bond acceptors (Lipinski definition) is 6. The van der Waals surface area contributed by atoms with Gasteiger partial charge in [-0.3, -0.25) is 4.79 Å². The Morgan fingerprint density at radius 3 is 2.31 bits per heavy atom. The fourth-order valence-electron chi connectivity index (χ4n) is 3.59. The van der Waals surface area contributed by atoms with E-state index in [-0.39, 0.29) is 23.7 Å².